The van der Waals surface area contributed by atoms with Crippen LogP contribution in [0.1, 0.15) is 45.8 Å². The van der Waals surface area contributed by atoms with Gasteiger partial charge in [-0.25, -0.2) is 0 Å². The summed E-state index contributed by atoms with van der Waals surface area (Å²) in [4.78, 5) is 15.3. The van der Waals surface area contributed by atoms with Crippen LogP contribution in [0.25, 0.3) is 21.0 Å². The van der Waals surface area contributed by atoms with Gasteiger partial charge in [0.2, 0.25) is 0 Å². The van der Waals surface area contributed by atoms with E-state index in [2.05, 4.69) is 40.8 Å². The minimum atomic E-state index is -0.329. The number of amides is 1. The zero-order chi connectivity index (χ0) is 22.2. The molecule has 2 aromatic carbocycles. The molecule has 32 heavy (non-hydrogen) atoms. The van der Waals surface area contributed by atoms with Crippen LogP contribution in [0.15, 0.2) is 48.5 Å². The van der Waals surface area contributed by atoms with Gasteiger partial charge in [0, 0.05) is 35.5 Å². The van der Waals surface area contributed by atoms with E-state index >= 15 is 0 Å². The largest absolute Gasteiger partial charge is 0.365 e. The predicted molar refractivity (Wildman–Crippen MR) is 130 cm³/mol. The molecule has 1 amide bonds. The summed E-state index contributed by atoms with van der Waals surface area (Å²) in [7, 11) is 2.09. The van der Waals surface area contributed by atoms with Crippen molar-refractivity contribution < 1.29 is 4.79 Å². The number of thiophene rings is 1. The first kappa shape index (κ1) is 20.7. The number of hydrogen-bond donors (Lipinski definition) is 1. The third kappa shape index (κ3) is 3.68. The highest BCUT2D eigenvalue weighted by Gasteiger charge is 2.27. The number of primary amides is 1. The molecule has 0 saturated carbocycles. The lowest BCUT2D eigenvalue weighted by Gasteiger charge is -2.25. The number of nitrogens with zero attached hydrogens (tertiary/aromatic N) is 3. The van der Waals surface area contributed by atoms with Crippen molar-refractivity contribution in [2.75, 3.05) is 6.54 Å². The molecule has 162 valence electrons. The van der Waals surface area contributed by atoms with Crippen molar-refractivity contribution >= 4 is 38.2 Å². The van der Waals surface area contributed by atoms with Crippen molar-refractivity contribution in [1.82, 2.24) is 9.47 Å². The zero-order valence-electron chi connectivity index (χ0n) is 18.2. The molecule has 5 rings (SSSR count). The van der Waals surface area contributed by atoms with E-state index in [0.717, 1.165) is 47.1 Å². The topological polar surface area (TPSA) is 75.0 Å². The molecule has 2 N–H and O–H groups in total. The van der Waals surface area contributed by atoms with Gasteiger partial charge in [-0.05, 0) is 72.8 Å². The lowest BCUT2D eigenvalue weighted by molar-refractivity contribution is 0.100. The molecule has 6 heteroatoms. The number of nitriles is 1. The van der Waals surface area contributed by atoms with Gasteiger partial charge in [-0.15, -0.1) is 11.3 Å². The van der Waals surface area contributed by atoms with Gasteiger partial charge < -0.3 is 10.3 Å². The molecular weight excluding hydrogens is 416 g/mol. The standard InChI is InChI=1S/C26H26N4OS/c1-29-20(14-18-9-8-17(15-27)13-23(18)29)11-10-19-5-4-12-30(19)16-22-21-6-2-3-7-24(21)32-25(22)26(28)31/h2-3,6-9,13-14,19H,4-5,10-12,16H2,1H3,(H2,28,31)/t19-/m0/s1. The Labute approximate surface area is 191 Å². The molecule has 0 bridgehead atoms. The lowest BCUT2D eigenvalue weighted by Crippen LogP contribution is -2.30. The molecule has 1 aliphatic heterocycles. The average molecular weight is 443 g/mol. The molecule has 1 saturated heterocycles. The smallest absolute Gasteiger partial charge is 0.259 e. The molecule has 0 radical (unpaired) electrons. The molecule has 1 fully saturated rings. The number of fused-ring (bicyclic) bond motifs is 2. The third-order valence-electron chi connectivity index (χ3n) is 6.79. The van der Waals surface area contributed by atoms with E-state index < -0.39 is 0 Å². The maximum Gasteiger partial charge on any atom is 0.259 e. The van der Waals surface area contributed by atoms with Gasteiger partial charge in [-0.3, -0.25) is 9.69 Å². The molecule has 1 aliphatic rings. The van der Waals surface area contributed by atoms with E-state index in [1.165, 1.54) is 35.3 Å². The monoisotopic (exact) mass is 442 g/mol. The van der Waals surface area contributed by atoms with Crippen molar-refractivity contribution in [2.24, 2.45) is 12.8 Å². The first-order valence-corrected chi connectivity index (χ1v) is 11.9. The van der Waals surface area contributed by atoms with Crippen molar-refractivity contribution in [2.45, 2.75) is 38.3 Å². The van der Waals surface area contributed by atoms with Gasteiger partial charge in [0.25, 0.3) is 5.91 Å². The number of carbonyl (C=O) groups excluding carboxylic acids is 1. The predicted octanol–water partition coefficient (Wildman–Crippen LogP) is 4.96. The summed E-state index contributed by atoms with van der Waals surface area (Å²) < 4.78 is 3.34. The van der Waals surface area contributed by atoms with Gasteiger partial charge in [0.05, 0.1) is 16.5 Å². The Kier molecular flexibility index (Phi) is 5.46. The van der Waals surface area contributed by atoms with Gasteiger partial charge >= 0.3 is 0 Å². The number of benzene rings is 2. The zero-order valence-corrected chi connectivity index (χ0v) is 19.0. The highest BCUT2D eigenvalue weighted by Crippen LogP contribution is 2.34. The normalized spacial score (nSPS) is 16.7. The van der Waals surface area contributed by atoms with Gasteiger partial charge in [-0.1, -0.05) is 24.3 Å². The number of aryl methyl sites for hydroxylation is 2. The molecule has 1 atom stereocenters. The minimum Gasteiger partial charge on any atom is -0.365 e. The number of nitrogens with two attached hydrogens (primary N) is 1. The molecule has 4 aromatic rings. The summed E-state index contributed by atoms with van der Waals surface area (Å²) in [6.07, 6.45) is 4.42. The minimum absolute atomic E-state index is 0.329. The molecule has 3 heterocycles. The summed E-state index contributed by atoms with van der Waals surface area (Å²) in [5.41, 5.74) is 9.91. The molecule has 5 nitrogen and oxygen atoms in total. The van der Waals surface area contributed by atoms with Crippen LogP contribution < -0.4 is 5.73 Å². The Morgan fingerprint density at radius 3 is 2.91 bits per heavy atom. The van der Waals surface area contributed by atoms with Gasteiger partial charge in [0.1, 0.15) is 0 Å². The summed E-state index contributed by atoms with van der Waals surface area (Å²) in [6, 6.07) is 19.1. The second-order valence-corrected chi connectivity index (χ2v) is 9.71. The summed E-state index contributed by atoms with van der Waals surface area (Å²) in [5.74, 6) is -0.329. The van der Waals surface area contributed by atoms with Gasteiger partial charge in [0.15, 0.2) is 0 Å². The van der Waals surface area contributed by atoms with Crippen LogP contribution in [0, 0.1) is 11.3 Å². The van der Waals surface area contributed by atoms with Crippen LogP contribution in [0.4, 0.5) is 0 Å². The lowest BCUT2D eigenvalue weighted by atomic mass is 10.1. The summed E-state index contributed by atoms with van der Waals surface area (Å²) in [5, 5.41) is 11.5. The SMILES string of the molecule is Cn1c(CC[C@@H]2CCCN2Cc2c(C(N)=O)sc3ccccc23)cc2ccc(C#N)cc21. The fraction of sp³-hybridized carbons (Fsp3) is 0.308. The van der Waals surface area contributed by atoms with Crippen LogP contribution in [-0.4, -0.2) is 28.0 Å². The number of aromatic nitrogens is 1. The van der Waals surface area contributed by atoms with Crippen LogP contribution in [-0.2, 0) is 20.0 Å². The number of likely N-dealkylation sites (tertiary alicyclic amines) is 1. The molecular formula is C26H26N4OS. The van der Waals surface area contributed by atoms with Crippen molar-refractivity contribution in [1.29, 1.82) is 5.26 Å². The fourth-order valence-electron chi connectivity index (χ4n) is 5.10. The Morgan fingerprint density at radius 1 is 1.25 bits per heavy atom. The molecule has 2 aromatic heterocycles. The van der Waals surface area contributed by atoms with Crippen molar-refractivity contribution in [3.8, 4) is 6.07 Å². The van der Waals surface area contributed by atoms with E-state index in [4.69, 9.17) is 5.73 Å². The van der Waals surface area contributed by atoms with Crippen molar-refractivity contribution in [3.63, 3.8) is 0 Å². The highest BCUT2D eigenvalue weighted by atomic mass is 32.1. The Balaban J connectivity index is 1.35. The highest BCUT2D eigenvalue weighted by molar-refractivity contribution is 7.21. The van der Waals surface area contributed by atoms with E-state index in [1.807, 2.05) is 30.3 Å². The molecule has 0 spiro atoms. The second-order valence-electron chi connectivity index (χ2n) is 8.66. The van der Waals surface area contributed by atoms with Crippen LogP contribution in [0.5, 0.6) is 0 Å². The third-order valence-corrected chi connectivity index (χ3v) is 8.02. The number of hydrogen-bond acceptors (Lipinski definition) is 4. The first-order chi connectivity index (χ1) is 15.5. The Bertz CT molecular complexity index is 1360. The van der Waals surface area contributed by atoms with E-state index in [-0.39, 0.29) is 5.91 Å². The Hall–Kier alpha value is -3.14. The van der Waals surface area contributed by atoms with Gasteiger partial charge in [-0.2, -0.15) is 5.26 Å². The molecule has 0 unspecified atom stereocenters. The second kappa shape index (κ2) is 8.42. The average Bonchev–Trinajstić information content (AvgIpc) is 3.49. The maximum absolute atomic E-state index is 12.1. The Morgan fingerprint density at radius 2 is 2.09 bits per heavy atom. The van der Waals surface area contributed by atoms with Crippen molar-refractivity contribution in [3.05, 3.63) is 70.2 Å². The van der Waals surface area contributed by atoms with Crippen LogP contribution in [0.3, 0.4) is 0 Å². The van der Waals surface area contributed by atoms with E-state index in [9.17, 15) is 10.1 Å². The van der Waals surface area contributed by atoms with Crippen LogP contribution >= 0.6 is 11.3 Å². The number of rotatable bonds is 6. The summed E-state index contributed by atoms with van der Waals surface area (Å²) >= 11 is 1.51. The number of carbonyl (C=O) groups is 1. The quantitative estimate of drug-likeness (QED) is 0.458. The fourth-order valence-corrected chi connectivity index (χ4v) is 6.17. The van der Waals surface area contributed by atoms with E-state index in [0.29, 0.717) is 16.5 Å². The van der Waals surface area contributed by atoms with E-state index in [1.54, 1.807) is 0 Å². The molecule has 0 aliphatic carbocycles. The van der Waals surface area contributed by atoms with Crippen LogP contribution in [0.2, 0.25) is 0 Å². The summed E-state index contributed by atoms with van der Waals surface area (Å²) in [6.45, 7) is 1.82. The first-order valence-electron chi connectivity index (χ1n) is 11.1. The maximum atomic E-state index is 12.1.